The van der Waals surface area contributed by atoms with Gasteiger partial charge in [0.15, 0.2) is 0 Å². The Morgan fingerprint density at radius 1 is 1.33 bits per heavy atom. The highest BCUT2D eigenvalue weighted by molar-refractivity contribution is 5.98. The SMILES string of the molecule is Cc1cc2c([N+](=O)[O-])cccc2c(NC2CCNCC2)n1. The number of anilines is 1. The van der Waals surface area contributed by atoms with E-state index in [-0.39, 0.29) is 10.6 Å². The van der Waals surface area contributed by atoms with Crippen LogP contribution in [-0.2, 0) is 0 Å². The van der Waals surface area contributed by atoms with Crippen molar-refractivity contribution in [1.82, 2.24) is 10.3 Å². The Kier molecular flexibility index (Phi) is 3.70. The topological polar surface area (TPSA) is 80.1 Å². The Balaban J connectivity index is 2.05. The Bertz CT molecular complexity index is 681. The van der Waals surface area contributed by atoms with Gasteiger partial charge in [-0.3, -0.25) is 10.1 Å². The van der Waals surface area contributed by atoms with Crippen molar-refractivity contribution in [2.45, 2.75) is 25.8 Å². The van der Waals surface area contributed by atoms with Gasteiger partial charge in [-0.15, -0.1) is 0 Å². The van der Waals surface area contributed by atoms with E-state index in [9.17, 15) is 10.1 Å². The first-order valence-electron chi connectivity index (χ1n) is 7.17. The van der Waals surface area contributed by atoms with Crippen molar-refractivity contribution in [3.05, 3.63) is 40.1 Å². The van der Waals surface area contributed by atoms with E-state index in [4.69, 9.17) is 0 Å². The second kappa shape index (κ2) is 5.65. The summed E-state index contributed by atoms with van der Waals surface area (Å²) < 4.78 is 0. The first-order chi connectivity index (χ1) is 10.1. The van der Waals surface area contributed by atoms with Crippen LogP contribution in [0.4, 0.5) is 11.5 Å². The highest BCUT2D eigenvalue weighted by Crippen LogP contribution is 2.31. The number of aromatic nitrogens is 1. The first kappa shape index (κ1) is 13.8. The molecule has 1 aliphatic rings. The number of fused-ring (bicyclic) bond motifs is 1. The minimum Gasteiger partial charge on any atom is -0.367 e. The van der Waals surface area contributed by atoms with Crippen LogP contribution >= 0.6 is 0 Å². The third-order valence-corrected chi connectivity index (χ3v) is 3.86. The van der Waals surface area contributed by atoms with Gasteiger partial charge in [0.05, 0.1) is 10.3 Å². The third kappa shape index (κ3) is 2.80. The van der Waals surface area contributed by atoms with Gasteiger partial charge in [0.2, 0.25) is 0 Å². The molecule has 2 N–H and O–H groups in total. The number of nitrogens with one attached hydrogen (secondary N) is 2. The molecule has 0 unspecified atom stereocenters. The number of nitrogens with zero attached hydrogens (tertiary/aromatic N) is 2. The molecule has 0 aliphatic carbocycles. The van der Waals surface area contributed by atoms with E-state index in [0.29, 0.717) is 11.4 Å². The van der Waals surface area contributed by atoms with Crippen molar-refractivity contribution in [2.24, 2.45) is 0 Å². The Hall–Kier alpha value is -2.21. The fourth-order valence-corrected chi connectivity index (χ4v) is 2.82. The molecule has 0 bridgehead atoms. The summed E-state index contributed by atoms with van der Waals surface area (Å²) in [5.41, 5.74) is 0.916. The lowest BCUT2D eigenvalue weighted by Gasteiger charge is -2.25. The lowest BCUT2D eigenvalue weighted by atomic mass is 10.1. The minimum absolute atomic E-state index is 0.131. The summed E-state index contributed by atoms with van der Waals surface area (Å²) in [5, 5.41) is 19.4. The molecule has 0 amide bonds. The van der Waals surface area contributed by atoms with E-state index in [0.717, 1.165) is 42.8 Å². The van der Waals surface area contributed by atoms with Gasteiger partial charge >= 0.3 is 0 Å². The Morgan fingerprint density at radius 3 is 2.81 bits per heavy atom. The predicted molar refractivity (Wildman–Crippen MR) is 82.6 cm³/mol. The lowest BCUT2D eigenvalue weighted by Crippen LogP contribution is -2.35. The molecule has 21 heavy (non-hydrogen) atoms. The van der Waals surface area contributed by atoms with Crippen LogP contribution in [0.15, 0.2) is 24.3 Å². The van der Waals surface area contributed by atoms with Crippen LogP contribution in [0.3, 0.4) is 0 Å². The average molecular weight is 286 g/mol. The molecule has 6 nitrogen and oxygen atoms in total. The molecule has 1 aromatic heterocycles. The normalized spacial score (nSPS) is 16.0. The zero-order chi connectivity index (χ0) is 14.8. The van der Waals surface area contributed by atoms with E-state index in [2.05, 4.69) is 15.6 Å². The summed E-state index contributed by atoms with van der Waals surface area (Å²) in [4.78, 5) is 15.4. The molecule has 1 aromatic carbocycles. The predicted octanol–water partition coefficient (Wildman–Crippen LogP) is 2.62. The molecule has 6 heteroatoms. The van der Waals surface area contributed by atoms with Crippen LogP contribution in [0.2, 0.25) is 0 Å². The maximum atomic E-state index is 11.2. The van der Waals surface area contributed by atoms with Crippen LogP contribution in [0.5, 0.6) is 0 Å². The standard InChI is InChI=1S/C15H18N4O2/c1-10-9-13-12(3-2-4-14(13)19(20)21)15(17-10)18-11-5-7-16-8-6-11/h2-4,9,11,16H,5-8H2,1H3,(H,17,18). The second-order valence-electron chi connectivity index (χ2n) is 5.41. The van der Waals surface area contributed by atoms with Crippen molar-refractivity contribution in [3.63, 3.8) is 0 Å². The van der Waals surface area contributed by atoms with Crippen LogP contribution in [-0.4, -0.2) is 29.0 Å². The van der Waals surface area contributed by atoms with Gasteiger partial charge in [0.25, 0.3) is 5.69 Å². The fourth-order valence-electron chi connectivity index (χ4n) is 2.82. The highest BCUT2D eigenvalue weighted by Gasteiger charge is 2.18. The monoisotopic (exact) mass is 286 g/mol. The molecule has 0 radical (unpaired) electrons. The minimum atomic E-state index is -0.337. The van der Waals surface area contributed by atoms with E-state index in [1.54, 1.807) is 12.1 Å². The van der Waals surface area contributed by atoms with Crippen molar-refractivity contribution in [3.8, 4) is 0 Å². The molecule has 0 atom stereocenters. The third-order valence-electron chi connectivity index (χ3n) is 3.86. The van der Waals surface area contributed by atoms with E-state index < -0.39 is 0 Å². The van der Waals surface area contributed by atoms with Gasteiger partial charge in [-0.25, -0.2) is 4.98 Å². The van der Waals surface area contributed by atoms with Crippen LogP contribution in [0.25, 0.3) is 10.8 Å². The molecular formula is C15H18N4O2. The molecule has 1 fully saturated rings. The van der Waals surface area contributed by atoms with Gasteiger partial charge in [0, 0.05) is 23.2 Å². The smallest absolute Gasteiger partial charge is 0.277 e. The summed E-state index contributed by atoms with van der Waals surface area (Å²) in [6, 6.07) is 7.28. The molecule has 0 spiro atoms. The van der Waals surface area contributed by atoms with Crippen LogP contribution in [0, 0.1) is 17.0 Å². The number of piperidine rings is 1. The summed E-state index contributed by atoms with van der Waals surface area (Å²) in [7, 11) is 0. The maximum Gasteiger partial charge on any atom is 0.277 e. The van der Waals surface area contributed by atoms with E-state index in [1.807, 2.05) is 13.0 Å². The summed E-state index contributed by atoms with van der Waals surface area (Å²) in [6.07, 6.45) is 2.07. The largest absolute Gasteiger partial charge is 0.367 e. The molecule has 3 rings (SSSR count). The molecule has 0 saturated carbocycles. The summed E-state index contributed by atoms with van der Waals surface area (Å²) >= 11 is 0. The number of rotatable bonds is 3. The first-order valence-corrected chi connectivity index (χ1v) is 7.17. The number of nitro benzene ring substituents is 1. The van der Waals surface area contributed by atoms with Gasteiger partial charge in [-0.05, 0) is 38.9 Å². The van der Waals surface area contributed by atoms with Crippen LogP contribution < -0.4 is 10.6 Å². The fraction of sp³-hybridized carbons (Fsp3) is 0.400. The van der Waals surface area contributed by atoms with Crippen LogP contribution in [0.1, 0.15) is 18.5 Å². The summed E-state index contributed by atoms with van der Waals surface area (Å²) in [5.74, 6) is 0.751. The van der Waals surface area contributed by atoms with Gasteiger partial charge in [-0.2, -0.15) is 0 Å². The molecule has 110 valence electrons. The van der Waals surface area contributed by atoms with Crippen molar-refractivity contribution < 1.29 is 4.92 Å². The number of aryl methyl sites for hydroxylation is 1. The van der Waals surface area contributed by atoms with Crippen molar-refractivity contribution >= 4 is 22.3 Å². The molecule has 2 heterocycles. The number of benzene rings is 1. The van der Waals surface area contributed by atoms with Crippen molar-refractivity contribution in [1.29, 1.82) is 0 Å². The number of pyridine rings is 1. The average Bonchev–Trinajstić information content (AvgIpc) is 2.47. The molecule has 2 aromatic rings. The maximum absolute atomic E-state index is 11.2. The molecule has 1 saturated heterocycles. The summed E-state index contributed by atoms with van der Waals surface area (Å²) in [6.45, 7) is 3.84. The van der Waals surface area contributed by atoms with Gasteiger partial charge < -0.3 is 10.6 Å². The Labute approximate surface area is 122 Å². The number of nitro groups is 1. The number of non-ortho nitro benzene ring substituents is 1. The quantitative estimate of drug-likeness (QED) is 0.669. The van der Waals surface area contributed by atoms with E-state index >= 15 is 0 Å². The molecular weight excluding hydrogens is 268 g/mol. The lowest BCUT2D eigenvalue weighted by molar-refractivity contribution is -0.383. The van der Waals surface area contributed by atoms with Gasteiger partial charge in [-0.1, -0.05) is 12.1 Å². The number of hydrogen-bond acceptors (Lipinski definition) is 5. The highest BCUT2D eigenvalue weighted by atomic mass is 16.6. The molecule has 1 aliphatic heterocycles. The van der Waals surface area contributed by atoms with Gasteiger partial charge in [0.1, 0.15) is 5.82 Å². The Morgan fingerprint density at radius 2 is 2.10 bits per heavy atom. The number of hydrogen-bond donors (Lipinski definition) is 2. The second-order valence-corrected chi connectivity index (χ2v) is 5.41. The van der Waals surface area contributed by atoms with Crippen molar-refractivity contribution in [2.75, 3.05) is 18.4 Å². The zero-order valence-corrected chi connectivity index (χ0v) is 11.9. The van der Waals surface area contributed by atoms with E-state index in [1.165, 1.54) is 6.07 Å². The zero-order valence-electron chi connectivity index (χ0n) is 11.9.